The van der Waals surface area contributed by atoms with Gasteiger partial charge in [0, 0.05) is 6.54 Å². The molecule has 1 amide bonds. The minimum absolute atomic E-state index is 0.0177. The Morgan fingerprint density at radius 1 is 1.50 bits per heavy atom. The van der Waals surface area contributed by atoms with Crippen molar-refractivity contribution in [2.75, 3.05) is 6.54 Å². The first-order valence-electron chi connectivity index (χ1n) is 7.77. The number of aromatic amines is 1. The number of aryl methyl sites for hydroxylation is 1. The molecule has 0 aliphatic carbocycles. The molecule has 2 heterocycles. The van der Waals surface area contributed by atoms with E-state index in [0.29, 0.717) is 12.4 Å². The maximum absolute atomic E-state index is 13.8. The average Bonchev–Trinajstić information content (AvgIpc) is 3.18. The highest BCUT2D eigenvalue weighted by Crippen LogP contribution is 2.30. The van der Waals surface area contributed by atoms with E-state index in [4.69, 9.17) is 16.3 Å². The van der Waals surface area contributed by atoms with Crippen molar-refractivity contribution in [1.82, 2.24) is 20.5 Å². The number of carbonyl (C=O) groups is 1. The number of nitrogens with zero attached hydrogens (tertiary/aromatic N) is 2. The summed E-state index contributed by atoms with van der Waals surface area (Å²) in [6, 6.07) is 4.63. The van der Waals surface area contributed by atoms with E-state index >= 15 is 0 Å². The van der Waals surface area contributed by atoms with Crippen molar-refractivity contribution in [3.63, 3.8) is 0 Å². The van der Waals surface area contributed by atoms with Crippen LogP contribution in [0.15, 0.2) is 18.2 Å². The summed E-state index contributed by atoms with van der Waals surface area (Å²) in [6.07, 6.45) is 1.32. The summed E-state index contributed by atoms with van der Waals surface area (Å²) in [5.74, 6) is 0.569. The number of hydrogen-bond acceptors (Lipinski definition) is 4. The third-order valence-corrected chi connectivity index (χ3v) is 4.21. The van der Waals surface area contributed by atoms with Crippen molar-refractivity contribution < 1.29 is 13.9 Å². The summed E-state index contributed by atoms with van der Waals surface area (Å²) in [7, 11) is 0. The molecular formula is C16H18ClFN4O2. The van der Waals surface area contributed by atoms with Crippen LogP contribution in [0.4, 0.5) is 4.39 Å². The largest absolute Gasteiger partial charge is 0.365 e. The lowest BCUT2D eigenvalue weighted by molar-refractivity contribution is -0.121. The summed E-state index contributed by atoms with van der Waals surface area (Å²) in [6.45, 7) is 2.21. The van der Waals surface area contributed by atoms with Crippen LogP contribution in [0, 0.1) is 12.7 Å². The molecule has 8 heteroatoms. The maximum Gasteiger partial charge on any atom is 0.224 e. The van der Waals surface area contributed by atoms with E-state index in [9.17, 15) is 9.18 Å². The van der Waals surface area contributed by atoms with Gasteiger partial charge in [-0.2, -0.15) is 5.10 Å². The number of ether oxygens (including phenoxy) is 1. The van der Waals surface area contributed by atoms with Gasteiger partial charge in [-0.1, -0.05) is 23.7 Å². The van der Waals surface area contributed by atoms with Crippen LogP contribution in [0.1, 0.15) is 36.2 Å². The Kier molecular flexibility index (Phi) is 5.11. The zero-order valence-corrected chi connectivity index (χ0v) is 13.9. The molecule has 2 aromatic rings. The Balaban J connectivity index is 1.48. The van der Waals surface area contributed by atoms with Crippen molar-refractivity contribution in [2.45, 2.75) is 38.4 Å². The van der Waals surface area contributed by atoms with Gasteiger partial charge in [-0.3, -0.25) is 9.89 Å². The number of H-pyrrole nitrogens is 1. The van der Waals surface area contributed by atoms with Crippen molar-refractivity contribution >= 4 is 17.5 Å². The van der Waals surface area contributed by atoms with E-state index in [0.717, 1.165) is 18.7 Å². The third-order valence-electron chi connectivity index (χ3n) is 3.92. The minimum atomic E-state index is -0.550. The van der Waals surface area contributed by atoms with Gasteiger partial charge in [-0.05, 0) is 31.4 Å². The maximum atomic E-state index is 13.8. The molecule has 0 bridgehead atoms. The molecule has 0 saturated carbocycles. The molecule has 6 nitrogen and oxygen atoms in total. The summed E-state index contributed by atoms with van der Waals surface area (Å²) in [5.41, 5.74) is 0.279. The lowest BCUT2D eigenvalue weighted by Crippen LogP contribution is -2.33. The SMILES string of the molecule is Cc1nc([C@@H]2CC[C@H](CNC(=O)Cc3cccc(Cl)c3F)O2)n[nH]1. The Labute approximate surface area is 143 Å². The fourth-order valence-corrected chi connectivity index (χ4v) is 2.89. The molecule has 1 fully saturated rings. The number of aromatic nitrogens is 3. The highest BCUT2D eigenvalue weighted by atomic mass is 35.5. The first-order valence-corrected chi connectivity index (χ1v) is 8.14. The lowest BCUT2D eigenvalue weighted by atomic mass is 10.1. The van der Waals surface area contributed by atoms with Gasteiger partial charge >= 0.3 is 0 Å². The van der Waals surface area contributed by atoms with E-state index in [1.54, 1.807) is 12.1 Å². The Morgan fingerprint density at radius 2 is 2.33 bits per heavy atom. The second kappa shape index (κ2) is 7.27. The minimum Gasteiger partial charge on any atom is -0.365 e. The van der Waals surface area contributed by atoms with E-state index < -0.39 is 5.82 Å². The standard InChI is InChI=1S/C16H18ClFN4O2/c1-9-20-16(22-21-9)13-6-5-11(24-13)8-19-14(23)7-10-3-2-4-12(17)15(10)18/h2-4,11,13H,5-8H2,1H3,(H,19,23)(H,20,21,22)/t11-,13+/m1/s1. The Morgan fingerprint density at radius 3 is 3.08 bits per heavy atom. The van der Waals surface area contributed by atoms with Gasteiger partial charge in [0.25, 0.3) is 0 Å². The quantitative estimate of drug-likeness (QED) is 0.866. The fraction of sp³-hybridized carbons (Fsp3) is 0.438. The first kappa shape index (κ1) is 16.9. The van der Waals surface area contributed by atoms with Gasteiger partial charge < -0.3 is 10.1 Å². The summed E-state index contributed by atoms with van der Waals surface area (Å²) in [4.78, 5) is 16.2. The topological polar surface area (TPSA) is 79.9 Å². The predicted molar refractivity (Wildman–Crippen MR) is 86.1 cm³/mol. The second-order valence-electron chi connectivity index (χ2n) is 5.80. The fourth-order valence-electron chi connectivity index (χ4n) is 2.70. The molecule has 1 aliphatic heterocycles. The molecule has 1 aromatic heterocycles. The zero-order chi connectivity index (χ0) is 17.1. The Bertz CT molecular complexity index is 737. The predicted octanol–water partition coefficient (Wildman–Crippen LogP) is 2.48. The molecule has 3 rings (SSSR count). The Hall–Kier alpha value is -1.99. The van der Waals surface area contributed by atoms with Crippen LogP contribution in [0.25, 0.3) is 0 Å². The molecule has 0 unspecified atom stereocenters. The summed E-state index contributed by atoms with van der Waals surface area (Å²) >= 11 is 5.71. The van der Waals surface area contributed by atoms with Crippen molar-refractivity contribution in [2.24, 2.45) is 0 Å². The number of halogens is 2. The molecule has 2 N–H and O–H groups in total. The molecule has 2 atom stereocenters. The van der Waals surface area contributed by atoms with Crippen LogP contribution in [0.5, 0.6) is 0 Å². The number of amides is 1. The van der Waals surface area contributed by atoms with Gasteiger partial charge in [0.15, 0.2) is 5.82 Å². The molecule has 0 radical (unpaired) electrons. The van der Waals surface area contributed by atoms with Gasteiger partial charge in [0.05, 0.1) is 17.5 Å². The van der Waals surface area contributed by atoms with Crippen molar-refractivity contribution in [3.8, 4) is 0 Å². The van der Waals surface area contributed by atoms with E-state index in [-0.39, 0.29) is 35.1 Å². The molecule has 1 saturated heterocycles. The number of carbonyl (C=O) groups excluding carboxylic acids is 1. The van der Waals surface area contributed by atoms with Crippen molar-refractivity contribution in [1.29, 1.82) is 0 Å². The molecular weight excluding hydrogens is 335 g/mol. The van der Waals surface area contributed by atoms with Gasteiger partial charge in [0.2, 0.25) is 5.91 Å². The van der Waals surface area contributed by atoms with Crippen LogP contribution in [0.2, 0.25) is 5.02 Å². The summed E-state index contributed by atoms with van der Waals surface area (Å²) in [5, 5.41) is 9.68. The number of hydrogen-bond donors (Lipinski definition) is 2. The highest BCUT2D eigenvalue weighted by Gasteiger charge is 2.29. The van der Waals surface area contributed by atoms with Gasteiger partial charge in [-0.15, -0.1) is 0 Å². The van der Waals surface area contributed by atoms with E-state index in [1.807, 2.05) is 6.92 Å². The second-order valence-corrected chi connectivity index (χ2v) is 6.20. The molecule has 1 aliphatic rings. The van der Waals surface area contributed by atoms with Gasteiger partial charge in [-0.25, -0.2) is 9.37 Å². The molecule has 24 heavy (non-hydrogen) atoms. The van der Waals surface area contributed by atoms with E-state index in [2.05, 4.69) is 20.5 Å². The van der Waals surface area contributed by atoms with Crippen LogP contribution in [-0.4, -0.2) is 33.7 Å². The van der Waals surface area contributed by atoms with Crippen molar-refractivity contribution in [3.05, 3.63) is 46.3 Å². The molecule has 0 spiro atoms. The average molecular weight is 353 g/mol. The van der Waals surface area contributed by atoms with Crippen LogP contribution < -0.4 is 5.32 Å². The number of rotatable bonds is 5. The van der Waals surface area contributed by atoms with Crippen LogP contribution >= 0.6 is 11.6 Å². The van der Waals surface area contributed by atoms with E-state index in [1.165, 1.54) is 6.07 Å². The monoisotopic (exact) mass is 352 g/mol. The molecule has 1 aromatic carbocycles. The normalized spacial score (nSPS) is 20.3. The number of benzene rings is 1. The highest BCUT2D eigenvalue weighted by molar-refractivity contribution is 6.30. The van der Waals surface area contributed by atoms with Gasteiger partial charge in [0.1, 0.15) is 17.7 Å². The molecule has 128 valence electrons. The first-order chi connectivity index (χ1) is 11.5. The third kappa shape index (κ3) is 3.91. The number of nitrogens with one attached hydrogen (secondary N) is 2. The zero-order valence-electron chi connectivity index (χ0n) is 13.2. The van der Waals surface area contributed by atoms with Crippen LogP contribution in [-0.2, 0) is 16.0 Å². The summed E-state index contributed by atoms with van der Waals surface area (Å²) < 4.78 is 19.6. The lowest BCUT2D eigenvalue weighted by Gasteiger charge is -2.13. The van der Waals surface area contributed by atoms with Crippen LogP contribution in [0.3, 0.4) is 0 Å². The smallest absolute Gasteiger partial charge is 0.224 e.